The number of ether oxygens (including phenoxy) is 1. The zero-order valence-electron chi connectivity index (χ0n) is 17.1. The Labute approximate surface area is 182 Å². The van der Waals surface area contributed by atoms with Gasteiger partial charge in [0.2, 0.25) is 15.9 Å². The molecule has 0 radical (unpaired) electrons. The molecule has 3 rings (SSSR count). The highest BCUT2D eigenvalue weighted by atomic mass is 32.2. The zero-order valence-corrected chi connectivity index (χ0v) is 17.9. The van der Waals surface area contributed by atoms with Gasteiger partial charge in [0.25, 0.3) is 0 Å². The Kier molecular flexibility index (Phi) is 7.59. The number of para-hydroxylation sites is 1. The Morgan fingerprint density at radius 3 is 2.19 bits per heavy atom. The second-order valence-corrected chi connectivity index (χ2v) is 8.45. The van der Waals surface area contributed by atoms with Crippen LogP contribution in [0.4, 0.5) is 0 Å². The predicted octanol–water partition coefficient (Wildman–Crippen LogP) is 4.11. The molecule has 0 aromatic heterocycles. The average Bonchev–Trinajstić information content (AvgIpc) is 2.78. The van der Waals surface area contributed by atoms with Crippen LogP contribution < -0.4 is 14.8 Å². The van der Waals surface area contributed by atoms with Crippen molar-refractivity contribution in [2.24, 2.45) is 0 Å². The van der Waals surface area contributed by atoms with Gasteiger partial charge in [0.15, 0.2) is 0 Å². The molecule has 3 aromatic carbocycles. The minimum atomic E-state index is -3.48. The third-order valence-corrected chi connectivity index (χ3v) is 5.88. The number of hydrogen-bond donors (Lipinski definition) is 2. The number of amides is 1. The van der Waals surface area contributed by atoms with Gasteiger partial charge in [-0.25, -0.2) is 13.1 Å². The first-order chi connectivity index (χ1) is 15.0. The van der Waals surface area contributed by atoms with Crippen LogP contribution in [-0.2, 0) is 21.4 Å². The number of hydrogen-bond acceptors (Lipinski definition) is 4. The molecule has 6 nitrogen and oxygen atoms in total. The van der Waals surface area contributed by atoms with Crippen LogP contribution in [-0.4, -0.2) is 20.9 Å². The zero-order chi connectivity index (χ0) is 22.1. The summed E-state index contributed by atoms with van der Waals surface area (Å²) in [6.45, 7) is 2.43. The van der Waals surface area contributed by atoms with Gasteiger partial charge in [-0.15, -0.1) is 0 Å². The number of carbonyl (C=O) groups excluding carboxylic acids is 1. The summed E-state index contributed by atoms with van der Waals surface area (Å²) in [6, 6.07) is 23.3. The molecule has 0 aliphatic rings. The van der Waals surface area contributed by atoms with Crippen LogP contribution in [0.3, 0.4) is 0 Å². The maximum absolute atomic E-state index is 12.1. The molecular weight excluding hydrogens is 412 g/mol. The summed E-state index contributed by atoms with van der Waals surface area (Å²) in [5.41, 5.74) is 1.67. The van der Waals surface area contributed by atoms with Gasteiger partial charge in [-0.1, -0.05) is 49.4 Å². The third-order valence-electron chi connectivity index (χ3n) is 4.32. The first-order valence-corrected chi connectivity index (χ1v) is 11.3. The van der Waals surface area contributed by atoms with E-state index in [0.29, 0.717) is 13.1 Å². The Morgan fingerprint density at radius 2 is 1.55 bits per heavy atom. The highest BCUT2D eigenvalue weighted by Crippen LogP contribution is 2.21. The molecule has 0 saturated carbocycles. The second-order valence-electron chi connectivity index (χ2n) is 6.68. The van der Waals surface area contributed by atoms with Crippen molar-refractivity contribution >= 4 is 22.0 Å². The van der Waals surface area contributed by atoms with E-state index in [9.17, 15) is 13.2 Å². The van der Waals surface area contributed by atoms with E-state index >= 15 is 0 Å². The lowest BCUT2D eigenvalue weighted by molar-refractivity contribution is -0.116. The lowest BCUT2D eigenvalue weighted by atomic mass is 10.2. The molecule has 3 aromatic rings. The van der Waals surface area contributed by atoms with E-state index in [-0.39, 0.29) is 10.8 Å². The van der Waals surface area contributed by atoms with Crippen molar-refractivity contribution in [1.29, 1.82) is 0 Å². The molecule has 2 N–H and O–H groups in total. The summed E-state index contributed by atoms with van der Waals surface area (Å²) in [6.07, 6.45) is 3.05. The number of carbonyl (C=O) groups is 1. The molecule has 0 bridgehead atoms. The van der Waals surface area contributed by atoms with Gasteiger partial charge >= 0.3 is 0 Å². The highest BCUT2D eigenvalue weighted by Gasteiger charge is 2.11. The number of rotatable bonds is 9. The summed E-state index contributed by atoms with van der Waals surface area (Å²) in [5, 5.41) is 2.82. The van der Waals surface area contributed by atoms with Crippen LogP contribution in [0.15, 0.2) is 89.8 Å². The number of nitrogens with one attached hydrogen (secondary N) is 2. The maximum atomic E-state index is 12.1. The molecule has 0 unspecified atom stereocenters. The smallest absolute Gasteiger partial charge is 0.244 e. The first-order valence-electron chi connectivity index (χ1n) is 9.84. The minimum absolute atomic E-state index is 0.190. The van der Waals surface area contributed by atoms with Crippen molar-refractivity contribution in [1.82, 2.24) is 10.0 Å². The fraction of sp³-hybridized carbons (Fsp3) is 0.125. The molecule has 1 amide bonds. The largest absolute Gasteiger partial charge is 0.457 e. The van der Waals surface area contributed by atoms with Crippen LogP contribution in [0.1, 0.15) is 18.1 Å². The molecule has 7 heteroatoms. The molecule has 0 fully saturated rings. The number of benzene rings is 3. The Balaban J connectivity index is 1.50. The third kappa shape index (κ3) is 6.80. The fourth-order valence-corrected chi connectivity index (χ4v) is 3.79. The Bertz CT molecular complexity index is 1120. The summed E-state index contributed by atoms with van der Waals surface area (Å²) < 4.78 is 32.1. The highest BCUT2D eigenvalue weighted by molar-refractivity contribution is 7.89. The SMILES string of the molecule is CCNS(=O)(=O)c1ccc(C=CC(=O)NCc2ccc(Oc3ccccc3)cc2)cc1. The van der Waals surface area contributed by atoms with E-state index in [1.807, 2.05) is 54.6 Å². The van der Waals surface area contributed by atoms with Gasteiger partial charge < -0.3 is 10.1 Å². The van der Waals surface area contributed by atoms with Crippen LogP contribution in [0.2, 0.25) is 0 Å². The average molecular weight is 437 g/mol. The van der Waals surface area contributed by atoms with E-state index < -0.39 is 10.0 Å². The van der Waals surface area contributed by atoms with E-state index in [0.717, 1.165) is 22.6 Å². The maximum Gasteiger partial charge on any atom is 0.244 e. The molecule has 0 aliphatic heterocycles. The van der Waals surface area contributed by atoms with Gasteiger partial charge in [0.1, 0.15) is 11.5 Å². The molecule has 0 saturated heterocycles. The van der Waals surface area contributed by atoms with Crippen molar-refractivity contribution < 1.29 is 17.9 Å². The van der Waals surface area contributed by atoms with Gasteiger partial charge in [0, 0.05) is 19.2 Å². The summed E-state index contributed by atoms with van der Waals surface area (Å²) in [5.74, 6) is 1.25. The second kappa shape index (κ2) is 10.6. The Hall–Kier alpha value is -3.42. The van der Waals surface area contributed by atoms with Crippen molar-refractivity contribution in [3.05, 3.63) is 96.1 Å². The quantitative estimate of drug-likeness (QED) is 0.495. The normalized spacial score (nSPS) is 11.4. The van der Waals surface area contributed by atoms with Gasteiger partial charge in [-0.2, -0.15) is 0 Å². The summed E-state index contributed by atoms with van der Waals surface area (Å²) >= 11 is 0. The summed E-state index contributed by atoms with van der Waals surface area (Å²) in [7, 11) is -3.48. The molecule has 0 aliphatic carbocycles. The van der Waals surface area contributed by atoms with Crippen LogP contribution in [0, 0.1) is 0 Å². The first kappa shape index (κ1) is 22.3. The van der Waals surface area contributed by atoms with E-state index in [2.05, 4.69) is 10.0 Å². The molecule has 0 spiro atoms. The van der Waals surface area contributed by atoms with Gasteiger partial charge in [-0.05, 0) is 53.6 Å². The van der Waals surface area contributed by atoms with Gasteiger partial charge in [-0.3, -0.25) is 4.79 Å². The van der Waals surface area contributed by atoms with Crippen LogP contribution in [0.25, 0.3) is 6.08 Å². The lowest BCUT2D eigenvalue weighted by Gasteiger charge is -2.07. The Morgan fingerprint density at radius 1 is 0.903 bits per heavy atom. The molecular formula is C24H24N2O4S. The van der Waals surface area contributed by atoms with E-state index in [1.54, 1.807) is 25.1 Å². The van der Waals surface area contributed by atoms with E-state index in [1.165, 1.54) is 18.2 Å². The molecule has 0 heterocycles. The predicted molar refractivity (Wildman–Crippen MR) is 121 cm³/mol. The molecule has 160 valence electrons. The monoisotopic (exact) mass is 436 g/mol. The van der Waals surface area contributed by atoms with Crippen LogP contribution >= 0.6 is 0 Å². The van der Waals surface area contributed by atoms with Crippen molar-refractivity contribution in [2.75, 3.05) is 6.54 Å². The van der Waals surface area contributed by atoms with Gasteiger partial charge in [0.05, 0.1) is 4.90 Å². The number of sulfonamides is 1. The van der Waals surface area contributed by atoms with Crippen molar-refractivity contribution in [2.45, 2.75) is 18.4 Å². The fourth-order valence-electron chi connectivity index (χ4n) is 2.75. The van der Waals surface area contributed by atoms with E-state index in [4.69, 9.17) is 4.74 Å². The standard InChI is InChI=1S/C24H24N2O4S/c1-2-26-31(28,29)23-15-10-19(11-16-23)12-17-24(27)25-18-20-8-13-22(14-9-20)30-21-6-4-3-5-7-21/h3-17,26H,2,18H2,1H3,(H,25,27). The van der Waals surface area contributed by atoms with Crippen molar-refractivity contribution in [3.63, 3.8) is 0 Å². The van der Waals surface area contributed by atoms with Crippen LogP contribution in [0.5, 0.6) is 11.5 Å². The molecule has 31 heavy (non-hydrogen) atoms. The molecule has 0 atom stereocenters. The van der Waals surface area contributed by atoms with Crippen molar-refractivity contribution in [3.8, 4) is 11.5 Å². The minimum Gasteiger partial charge on any atom is -0.457 e. The lowest BCUT2D eigenvalue weighted by Crippen LogP contribution is -2.23. The summed E-state index contributed by atoms with van der Waals surface area (Å²) in [4.78, 5) is 12.3. The topological polar surface area (TPSA) is 84.5 Å².